The number of rotatable bonds is 7. The van der Waals surface area contributed by atoms with Gasteiger partial charge in [-0.1, -0.05) is 66.2 Å². The zero-order valence-electron chi connectivity index (χ0n) is 19.8. The van der Waals surface area contributed by atoms with Crippen LogP contribution in [0.2, 0.25) is 0 Å². The van der Waals surface area contributed by atoms with Crippen molar-refractivity contribution in [2.24, 2.45) is 0 Å². The quantitative estimate of drug-likeness (QED) is 0.323. The standard InChI is InChI=1S/C27H23N5O4/c1-3-9-23-24(26(33)28-21-13-8-7-12-19(21)27(34)35-2)29-31-32(23)18-14-15-22-20(16-18)25(36-30-22)17-10-5-4-6-11-17/h4-8,10-16H,3,9H2,1-2H3,(H,28,33). The van der Waals surface area contributed by atoms with Crippen molar-refractivity contribution in [1.82, 2.24) is 20.2 Å². The van der Waals surface area contributed by atoms with Gasteiger partial charge in [0.05, 0.1) is 35.1 Å². The molecule has 0 unspecified atom stereocenters. The second kappa shape index (κ2) is 9.83. The summed E-state index contributed by atoms with van der Waals surface area (Å²) in [6, 6.07) is 22.0. The lowest BCUT2D eigenvalue weighted by Gasteiger charge is -2.10. The van der Waals surface area contributed by atoms with E-state index in [1.54, 1.807) is 28.9 Å². The highest BCUT2D eigenvalue weighted by molar-refractivity contribution is 6.07. The summed E-state index contributed by atoms with van der Waals surface area (Å²) < 4.78 is 12.1. The fourth-order valence-corrected chi connectivity index (χ4v) is 4.07. The van der Waals surface area contributed by atoms with E-state index >= 15 is 0 Å². The number of carbonyl (C=O) groups excluding carboxylic acids is 2. The number of nitrogens with one attached hydrogen (secondary N) is 1. The Labute approximate surface area is 206 Å². The summed E-state index contributed by atoms with van der Waals surface area (Å²) in [6.45, 7) is 2.02. The molecule has 0 saturated heterocycles. The summed E-state index contributed by atoms with van der Waals surface area (Å²) in [7, 11) is 1.29. The molecule has 0 aliphatic carbocycles. The first-order valence-electron chi connectivity index (χ1n) is 11.5. The van der Waals surface area contributed by atoms with Gasteiger partial charge in [-0.15, -0.1) is 5.10 Å². The van der Waals surface area contributed by atoms with Gasteiger partial charge in [-0.2, -0.15) is 0 Å². The lowest BCUT2D eigenvalue weighted by Crippen LogP contribution is -2.18. The summed E-state index contributed by atoms with van der Waals surface area (Å²) in [6.07, 6.45) is 1.35. The number of carbonyl (C=O) groups is 2. The Bertz CT molecular complexity index is 1560. The van der Waals surface area contributed by atoms with E-state index in [2.05, 4.69) is 20.8 Å². The van der Waals surface area contributed by atoms with E-state index in [9.17, 15) is 9.59 Å². The summed E-state index contributed by atoms with van der Waals surface area (Å²) in [4.78, 5) is 25.3. The number of nitrogens with zero attached hydrogens (tertiary/aromatic N) is 4. The maximum absolute atomic E-state index is 13.2. The molecule has 0 aliphatic heterocycles. The van der Waals surface area contributed by atoms with Crippen LogP contribution >= 0.6 is 0 Å². The molecule has 0 aliphatic rings. The van der Waals surface area contributed by atoms with E-state index in [0.29, 0.717) is 29.1 Å². The third kappa shape index (κ3) is 4.22. The Morgan fingerprint density at radius 2 is 1.81 bits per heavy atom. The van der Waals surface area contributed by atoms with Crippen LogP contribution in [0.15, 0.2) is 77.3 Å². The molecular formula is C27H23N5O4. The summed E-state index contributed by atoms with van der Waals surface area (Å²) in [5.41, 5.74) is 3.79. The Hall–Kier alpha value is -4.79. The lowest BCUT2D eigenvalue weighted by atomic mass is 10.1. The molecular weight excluding hydrogens is 458 g/mol. The summed E-state index contributed by atoms with van der Waals surface area (Å²) in [5, 5.41) is 16.3. The molecule has 0 fully saturated rings. The maximum Gasteiger partial charge on any atom is 0.339 e. The van der Waals surface area contributed by atoms with Gasteiger partial charge >= 0.3 is 5.97 Å². The van der Waals surface area contributed by atoms with Crippen LogP contribution < -0.4 is 5.32 Å². The first kappa shape index (κ1) is 23.0. The van der Waals surface area contributed by atoms with Gasteiger partial charge in [-0.3, -0.25) is 4.79 Å². The van der Waals surface area contributed by atoms with Gasteiger partial charge in [0, 0.05) is 5.56 Å². The second-order valence-corrected chi connectivity index (χ2v) is 8.12. The number of ether oxygens (including phenoxy) is 1. The van der Waals surface area contributed by atoms with Crippen molar-refractivity contribution < 1.29 is 18.8 Å². The van der Waals surface area contributed by atoms with Crippen molar-refractivity contribution in [3.63, 3.8) is 0 Å². The molecule has 2 heterocycles. The number of methoxy groups -OCH3 is 1. The van der Waals surface area contributed by atoms with E-state index in [0.717, 1.165) is 23.1 Å². The number of hydrogen-bond acceptors (Lipinski definition) is 7. The van der Waals surface area contributed by atoms with Crippen LogP contribution in [0.5, 0.6) is 0 Å². The molecule has 0 atom stereocenters. The zero-order valence-corrected chi connectivity index (χ0v) is 19.8. The normalized spacial score (nSPS) is 10.9. The smallest absolute Gasteiger partial charge is 0.339 e. The Morgan fingerprint density at radius 1 is 1.03 bits per heavy atom. The molecule has 1 N–H and O–H groups in total. The highest BCUT2D eigenvalue weighted by atomic mass is 16.5. The molecule has 9 nitrogen and oxygen atoms in total. The number of esters is 1. The second-order valence-electron chi connectivity index (χ2n) is 8.12. The van der Waals surface area contributed by atoms with E-state index in [4.69, 9.17) is 9.26 Å². The fourth-order valence-electron chi connectivity index (χ4n) is 4.07. The maximum atomic E-state index is 13.2. The minimum atomic E-state index is -0.542. The van der Waals surface area contributed by atoms with Crippen LogP contribution in [0.3, 0.4) is 0 Å². The van der Waals surface area contributed by atoms with Crippen molar-refractivity contribution >= 4 is 28.5 Å². The van der Waals surface area contributed by atoms with Gasteiger partial charge in [0.2, 0.25) is 0 Å². The van der Waals surface area contributed by atoms with E-state index in [1.807, 2.05) is 55.5 Å². The summed E-state index contributed by atoms with van der Waals surface area (Å²) >= 11 is 0. The zero-order chi connectivity index (χ0) is 25.1. The van der Waals surface area contributed by atoms with E-state index in [1.165, 1.54) is 7.11 Å². The average molecular weight is 482 g/mol. The monoisotopic (exact) mass is 481 g/mol. The van der Waals surface area contributed by atoms with Crippen LogP contribution in [-0.2, 0) is 11.2 Å². The van der Waals surface area contributed by atoms with Crippen LogP contribution in [0, 0.1) is 0 Å². The molecule has 0 spiro atoms. The van der Waals surface area contributed by atoms with Crippen LogP contribution in [0.25, 0.3) is 27.9 Å². The third-order valence-corrected chi connectivity index (χ3v) is 5.79. The number of para-hydroxylation sites is 1. The molecule has 2 aromatic heterocycles. The number of hydrogen-bond donors (Lipinski definition) is 1. The average Bonchev–Trinajstić information content (AvgIpc) is 3.53. The van der Waals surface area contributed by atoms with Gasteiger partial charge in [-0.05, 0) is 36.8 Å². The van der Waals surface area contributed by atoms with Crippen molar-refractivity contribution in [3.05, 3.63) is 89.7 Å². The minimum Gasteiger partial charge on any atom is -0.465 e. The molecule has 5 rings (SSSR count). The highest BCUT2D eigenvalue weighted by Crippen LogP contribution is 2.30. The van der Waals surface area contributed by atoms with Crippen molar-refractivity contribution in [2.45, 2.75) is 19.8 Å². The van der Waals surface area contributed by atoms with Crippen molar-refractivity contribution in [1.29, 1.82) is 0 Å². The number of aromatic nitrogens is 4. The molecule has 0 radical (unpaired) electrons. The number of amides is 1. The van der Waals surface area contributed by atoms with Gasteiger partial charge in [-0.25, -0.2) is 9.48 Å². The third-order valence-electron chi connectivity index (χ3n) is 5.79. The molecule has 180 valence electrons. The number of anilines is 1. The Balaban J connectivity index is 1.53. The fraction of sp³-hybridized carbons (Fsp3) is 0.148. The molecule has 3 aromatic carbocycles. The van der Waals surface area contributed by atoms with Crippen molar-refractivity contribution in [3.8, 4) is 17.0 Å². The first-order valence-corrected chi connectivity index (χ1v) is 11.5. The van der Waals surface area contributed by atoms with E-state index in [-0.39, 0.29) is 11.3 Å². The van der Waals surface area contributed by atoms with Crippen molar-refractivity contribution in [2.75, 3.05) is 12.4 Å². The molecule has 5 aromatic rings. The van der Waals surface area contributed by atoms with Crippen LogP contribution in [-0.4, -0.2) is 39.1 Å². The predicted molar refractivity (Wildman–Crippen MR) is 134 cm³/mol. The Kier molecular flexibility index (Phi) is 6.27. The molecule has 1 amide bonds. The number of benzene rings is 3. The van der Waals surface area contributed by atoms with Crippen LogP contribution in [0.4, 0.5) is 5.69 Å². The van der Waals surface area contributed by atoms with E-state index < -0.39 is 11.9 Å². The summed E-state index contributed by atoms with van der Waals surface area (Å²) in [5.74, 6) is -0.348. The van der Waals surface area contributed by atoms with Gasteiger partial charge in [0.25, 0.3) is 5.91 Å². The number of fused-ring (bicyclic) bond motifs is 1. The largest absolute Gasteiger partial charge is 0.465 e. The molecule has 9 heteroatoms. The molecule has 36 heavy (non-hydrogen) atoms. The minimum absolute atomic E-state index is 0.185. The Morgan fingerprint density at radius 3 is 2.58 bits per heavy atom. The van der Waals surface area contributed by atoms with Gasteiger partial charge < -0.3 is 14.6 Å². The SMILES string of the molecule is CCCc1c(C(=O)Nc2ccccc2C(=O)OC)nnn1-c1ccc2noc(-c3ccccc3)c2c1. The predicted octanol–water partition coefficient (Wildman–Crippen LogP) is 5.07. The van der Waals surface area contributed by atoms with Gasteiger partial charge in [0.1, 0.15) is 5.52 Å². The highest BCUT2D eigenvalue weighted by Gasteiger charge is 2.23. The molecule has 0 bridgehead atoms. The first-order chi connectivity index (χ1) is 17.6. The van der Waals surface area contributed by atoms with Crippen LogP contribution in [0.1, 0.15) is 39.9 Å². The topological polar surface area (TPSA) is 112 Å². The molecule has 0 saturated carbocycles. The van der Waals surface area contributed by atoms with Gasteiger partial charge in [0.15, 0.2) is 11.5 Å². The lowest BCUT2D eigenvalue weighted by molar-refractivity contribution is 0.0602.